The van der Waals surface area contributed by atoms with Crippen molar-refractivity contribution in [2.45, 2.75) is 26.3 Å². The van der Waals surface area contributed by atoms with E-state index in [2.05, 4.69) is 15.3 Å². The maximum atomic E-state index is 11.9. The molecular formula is C13H16N4O3. The first kappa shape index (κ1) is 12.9. The first-order valence-electron chi connectivity index (χ1n) is 6.66. The summed E-state index contributed by atoms with van der Waals surface area (Å²) in [6.07, 6.45) is 3.22. The molecule has 3 rings (SSSR count). The lowest BCUT2D eigenvalue weighted by Gasteiger charge is -2.14. The largest absolute Gasteiger partial charge is 0.461 e. The van der Waals surface area contributed by atoms with E-state index in [0.29, 0.717) is 25.3 Å². The van der Waals surface area contributed by atoms with Crippen LogP contribution in [0.3, 0.4) is 0 Å². The minimum atomic E-state index is -0.368. The molecule has 106 valence electrons. The monoisotopic (exact) mass is 276 g/mol. The van der Waals surface area contributed by atoms with Crippen LogP contribution in [0.15, 0.2) is 6.20 Å². The Morgan fingerprint density at radius 1 is 1.55 bits per heavy atom. The van der Waals surface area contributed by atoms with Gasteiger partial charge in [-0.05, 0) is 19.8 Å². The van der Waals surface area contributed by atoms with Crippen LogP contribution in [0, 0.1) is 0 Å². The van der Waals surface area contributed by atoms with Crippen molar-refractivity contribution in [1.82, 2.24) is 20.0 Å². The van der Waals surface area contributed by atoms with Crippen LogP contribution in [0.5, 0.6) is 0 Å². The molecule has 0 spiro atoms. The van der Waals surface area contributed by atoms with Gasteiger partial charge < -0.3 is 9.84 Å². The molecule has 0 saturated heterocycles. The lowest BCUT2D eigenvalue weighted by atomic mass is 9.94. The van der Waals surface area contributed by atoms with Gasteiger partial charge in [-0.3, -0.25) is 9.78 Å². The average Bonchev–Trinajstić information content (AvgIpc) is 3.03. The van der Waals surface area contributed by atoms with Crippen LogP contribution in [-0.4, -0.2) is 44.3 Å². The van der Waals surface area contributed by atoms with Crippen LogP contribution >= 0.6 is 0 Å². The average molecular weight is 276 g/mol. The number of hydrogen-bond donors (Lipinski definition) is 2. The topological polar surface area (TPSA) is 93.0 Å². The Kier molecular flexibility index (Phi) is 3.27. The summed E-state index contributed by atoms with van der Waals surface area (Å²) in [6, 6.07) is 0. The first-order chi connectivity index (χ1) is 9.76. The Labute approximate surface area is 115 Å². The van der Waals surface area contributed by atoms with E-state index in [0.717, 1.165) is 28.9 Å². The third-order valence-corrected chi connectivity index (χ3v) is 3.47. The zero-order valence-corrected chi connectivity index (χ0v) is 11.2. The summed E-state index contributed by atoms with van der Waals surface area (Å²) < 4.78 is 6.81. The van der Waals surface area contributed by atoms with E-state index >= 15 is 0 Å². The van der Waals surface area contributed by atoms with Gasteiger partial charge >= 0.3 is 5.97 Å². The number of nitrogens with one attached hydrogen (secondary N) is 1. The third kappa shape index (κ3) is 1.90. The van der Waals surface area contributed by atoms with Gasteiger partial charge in [0.2, 0.25) is 0 Å². The number of nitrogens with zero attached hydrogens (tertiary/aromatic N) is 3. The zero-order chi connectivity index (χ0) is 14.1. The van der Waals surface area contributed by atoms with E-state index in [9.17, 15) is 4.79 Å². The molecule has 0 unspecified atom stereocenters. The number of hydrogen-bond acceptors (Lipinski definition) is 5. The van der Waals surface area contributed by atoms with Gasteiger partial charge in [0.25, 0.3) is 0 Å². The number of rotatable bonds is 4. The molecule has 2 N–H and O–H groups in total. The fourth-order valence-electron chi connectivity index (χ4n) is 2.61. The number of fused-ring (bicyclic) bond motifs is 3. The predicted octanol–water partition coefficient (Wildman–Crippen LogP) is 0.541. The minimum Gasteiger partial charge on any atom is -0.461 e. The maximum absolute atomic E-state index is 11.9. The third-order valence-electron chi connectivity index (χ3n) is 3.47. The Morgan fingerprint density at radius 2 is 2.40 bits per heavy atom. The highest BCUT2D eigenvalue weighted by molar-refractivity contribution is 5.91. The highest BCUT2D eigenvalue weighted by Crippen LogP contribution is 2.33. The van der Waals surface area contributed by atoms with E-state index in [1.54, 1.807) is 17.8 Å². The molecule has 0 aromatic carbocycles. The van der Waals surface area contributed by atoms with Crippen LogP contribution in [-0.2, 0) is 24.1 Å². The van der Waals surface area contributed by atoms with E-state index in [1.165, 1.54) is 0 Å². The van der Waals surface area contributed by atoms with E-state index < -0.39 is 0 Å². The summed E-state index contributed by atoms with van der Waals surface area (Å²) in [7, 11) is 0. The maximum Gasteiger partial charge on any atom is 0.356 e. The van der Waals surface area contributed by atoms with Gasteiger partial charge in [-0.15, -0.1) is 0 Å². The molecule has 0 aliphatic heterocycles. The highest BCUT2D eigenvalue weighted by atomic mass is 16.5. The number of aliphatic hydroxyl groups excluding tert-OH is 1. The number of carbonyl (C=O) groups is 1. The predicted molar refractivity (Wildman–Crippen MR) is 70.3 cm³/mol. The summed E-state index contributed by atoms with van der Waals surface area (Å²) in [6.45, 7) is 2.64. The summed E-state index contributed by atoms with van der Waals surface area (Å²) in [5.41, 5.74) is 4.06. The molecule has 0 amide bonds. The second kappa shape index (κ2) is 5.09. The van der Waals surface area contributed by atoms with Crippen molar-refractivity contribution in [2.75, 3.05) is 13.2 Å². The normalized spacial score (nSPS) is 12.9. The van der Waals surface area contributed by atoms with Crippen molar-refractivity contribution < 1.29 is 14.6 Å². The van der Waals surface area contributed by atoms with Gasteiger partial charge in [0.05, 0.1) is 31.6 Å². The van der Waals surface area contributed by atoms with Gasteiger partial charge in [-0.2, -0.15) is 10.2 Å². The minimum absolute atomic E-state index is 0.0512. The van der Waals surface area contributed by atoms with E-state index in [-0.39, 0.29) is 12.6 Å². The van der Waals surface area contributed by atoms with E-state index in [4.69, 9.17) is 9.84 Å². The van der Waals surface area contributed by atoms with Crippen molar-refractivity contribution in [3.63, 3.8) is 0 Å². The Hall–Kier alpha value is -2.15. The number of aromatic amines is 1. The van der Waals surface area contributed by atoms with Gasteiger partial charge in [-0.25, -0.2) is 4.79 Å². The molecule has 1 aliphatic rings. The summed E-state index contributed by atoms with van der Waals surface area (Å²) in [5, 5.41) is 20.3. The van der Waals surface area contributed by atoms with E-state index in [1.807, 2.05) is 0 Å². The molecule has 20 heavy (non-hydrogen) atoms. The Morgan fingerprint density at radius 3 is 3.15 bits per heavy atom. The van der Waals surface area contributed by atoms with Crippen LogP contribution < -0.4 is 0 Å². The van der Waals surface area contributed by atoms with Crippen molar-refractivity contribution in [1.29, 1.82) is 0 Å². The molecule has 7 heteroatoms. The van der Waals surface area contributed by atoms with Gasteiger partial charge in [0.15, 0.2) is 0 Å². The smallest absolute Gasteiger partial charge is 0.356 e. The fraction of sp³-hybridized carbons (Fsp3) is 0.462. The lowest BCUT2D eigenvalue weighted by Crippen LogP contribution is -2.14. The van der Waals surface area contributed by atoms with Crippen LogP contribution in [0.25, 0.3) is 11.3 Å². The SMILES string of the molecule is CCOC(=O)c1[nH]nc2c1CCc1c-2cnn1CCO. The second-order valence-corrected chi connectivity index (χ2v) is 4.60. The molecule has 0 saturated carbocycles. The fourth-order valence-corrected chi connectivity index (χ4v) is 2.61. The van der Waals surface area contributed by atoms with Crippen LogP contribution in [0.2, 0.25) is 0 Å². The number of ether oxygens (including phenoxy) is 1. The first-order valence-corrected chi connectivity index (χ1v) is 6.66. The zero-order valence-electron chi connectivity index (χ0n) is 11.2. The molecule has 2 heterocycles. The number of H-pyrrole nitrogens is 1. The van der Waals surface area contributed by atoms with Gasteiger partial charge in [-0.1, -0.05) is 0 Å². The van der Waals surface area contributed by atoms with Crippen molar-refractivity contribution in [2.24, 2.45) is 0 Å². The van der Waals surface area contributed by atoms with Gasteiger partial charge in [0, 0.05) is 16.8 Å². The molecule has 0 atom stereocenters. The second-order valence-electron chi connectivity index (χ2n) is 4.60. The van der Waals surface area contributed by atoms with Gasteiger partial charge in [0.1, 0.15) is 5.69 Å². The summed E-state index contributed by atoms with van der Waals surface area (Å²) in [5.74, 6) is -0.368. The molecule has 7 nitrogen and oxygen atoms in total. The quantitative estimate of drug-likeness (QED) is 0.795. The van der Waals surface area contributed by atoms with Crippen LogP contribution in [0.4, 0.5) is 0 Å². The number of esters is 1. The molecule has 0 bridgehead atoms. The van der Waals surface area contributed by atoms with Crippen molar-refractivity contribution in [3.8, 4) is 11.3 Å². The molecule has 1 aliphatic carbocycles. The number of carbonyl (C=O) groups excluding carboxylic acids is 1. The summed E-state index contributed by atoms with van der Waals surface area (Å²) >= 11 is 0. The number of aliphatic hydroxyl groups is 1. The Bertz CT molecular complexity index is 644. The Balaban J connectivity index is 2.00. The molecule has 2 aromatic heterocycles. The highest BCUT2D eigenvalue weighted by Gasteiger charge is 2.28. The standard InChI is InChI=1S/C13H16N4O3/c1-2-20-13(19)12-8-3-4-10-9(11(8)15-16-12)7-14-17(10)5-6-18/h7,18H,2-6H2,1H3,(H,15,16). The molecule has 0 fully saturated rings. The molecule has 2 aromatic rings. The van der Waals surface area contributed by atoms with Crippen LogP contribution in [0.1, 0.15) is 28.7 Å². The molecular weight excluding hydrogens is 260 g/mol. The molecule has 0 radical (unpaired) electrons. The van der Waals surface area contributed by atoms with Crippen molar-refractivity contribution in [3.05, 3.63) is 23.1 Å². The van der Waals surface area contributed by atoms with Crippen molar-refractivity contribution >= 4 is 5.97 Å². The lowest BCUT2D eigenvalue weighted by molar-refractivity contribution is 0.0518. The number of aromatic nitrogens is 4. The summed E-state index contributed by atoms with van der Waals surface area (Å²) in [4.78, 5) is 11.9.